The van der Waals surface area contributed by atoms with Crippen molar-refractivity contribution in [1.82, 2.24) is 0 Å². The fourth-order valence-corrected chi connectivity index (χ4v) is 1.74. The zero-order chi connectivity index (χ0) is 9.14. The highest BCUT2D eigenvalue weighted by Crippen LogP contribution is 2.24. The molecule has 0 fully saturated rings. The molecular formula is C8H9NO2S. The van der Waals surface area contributed by atoms with Crippen molar-refractivity contribution in [2.45, 2.75) is 6.42 Å². The molecule has 3 nitrogen and oxygen atoms in total. The number of carboxylic acids is 1. The Balaban J connectivity index is 3.07. The van der Waals surface area contributed by atoms with Crippen molar-refractivity contribution in [3.05, 3.63) is 29.2 Å². The topological polar surface area (TPSA) is 63.3 Å². The molecule has 3 N–H and O–H groups in total. The average molecular weight is 183 g/mol. The van der Waals surface area contributed by atoms with Gasteiger partial charge in [0.25, 0.3) is 0 Å². The van der Waals surface area contributed by atoms with Gasteiger partial charge in [0, 0.05) is 0 Å². The summed E-state index contributed by atoms with van der Waals surface area (Å²) in [7, 11) is 0. The van der Waals surface area contributed by atoms with Gasteiger partial charge in [0.2, 0.25) is 0 Å². The van der Waals surface area contributed by atoms with Gasteiger partial charge in [-0.05, 0) is 18.1 Å². The largest absolute Gasteiger partial charge is 0.477 e. The van der Waals surface area contributed by atoms with E-state index in [1.165, 1.54) is 0 Å². The van der Waals surface area contributed by atoms with Crippen LogP contribution in [0, 0.1) is 0 Å². The van der Waals surface area contributed by atoms with E-state index in [-0.39, 0.29) is 0 Å². The lowest BCUT2D eigenvalue weighted by atomic mass is 10.2. The molecular weight excluding hydrogens is 174 g/mol. The van der Waals surface area contributed by atoms with Gasteiger partial charge in [0.1, 0.15) is 4.88 Å². The average Bonchev–Trinajstić information content (AvgIpc) is 2.32. The first kappa shape index (κ1) is 8.80. The maximum absolute atomic E-state index is 10.6. The van der Waals surface area contributed by atoms with Crippen LogP contribution in [0.1, 0.15) is 15.2 Å². The van der Waals surface area contributed by atoms with Crippen LogP contribution in [0.15, 0.2) is 18.7 Å². The first-order chi connectivity index (χ1) is 5.65. The summed E-state index contributed by atoms with van der Waals surface area (Å²) in [4.78, 5) is 10.9. The van der Waals surface area contributed by atoms with E-state index in [2.05, 4.69) is 6.58 Å². The Morgan fingerprint density at radius 3 is 3.00 bits per heavy atom. The molecule has 1 aromatic heterocycles. The number of rotatable bonds is 3. The van der Waals surface area contributed by atoms with Crippen molar-refractivity contribution >= 4 is 22.3 Å². The molecule has 0 aliphatic rings. The molecule has 1 aromatic rings. The second kappa shape index (κ2) is 3.40. The Hall–Kier alpha value is -1.29. The number of thiophene rings is 1. The van der Waals surface area contributed by atoms with Gasteiger partial charge in [0.05, 0.1) is 5.00 Å². The molecule has 0 amide bonds. The van der Waals surface area contributed by atoms with Crippen molar-refractivity contribution in [3.8, 4) is 0 Å². The van der Waals surface area contributed by atoms with Gasteiger partial charge in [-0.1, -0.05) is 6.08 Å². The first-order valence-corrected chi connectivity index (χ1v) is 4.19. The Morgan fingerprint density at radius 2 is 2.50 bits per heavy atom. The summed E-state index contributed by atoms with van der Waals surface area (Å²) in [5, 5.41) is 9.26. The summed E-state index contributed by atoms with van der Waals surface area (Å²) in [6.07, 6.45) is 2.21. The Labute approximate surface area is 74.1 Å². The van der Waals surface area contributed by atoms with Crippen LogP contribution in [0.5, 0.6) is 0 Å². The standard InChI is InChI=1S/C8H9NO2S/c1-2-3-5-4-6(9)12-7(5)8(10)11/h2,4H,1,3,9H2,(H,10,11). The molecule has 64 valence electrons. The van der Waals surface area contributed by atoms with E-state index in [9.17, 15) is 4.79 Å². The molecule has 1 heterocycles. The molecule has 0 spiro atoms. The smallest absolute Gasteiger partial charge is 0.346 e. The number of aromatic carboxylic acids is 1. The van der Waals surface area contributed by atoms with E-state index in [1.54, 1.807) is 12.1 Å². The van der Waals surface area contributed by atoms with Crippen molar-refractivity contribution in [2.24, 2.45) is 0 Å². The first-order valence-electron chi connectivity index (χ1n) is 3.37. The number of anilines is 1. The van der Waals surface area contributed by atoms with Crippen molar-refractivity contribution in [1.29, 1.82) is 0 Å². The van der Waals surface area contributed by atoms with Crippen LogP contribution in [0.3, 0.4) is 0 Å². The van der Waals surface area contributed by atoms with Crippen LogP contribution in [0.4, 0.5) is 5.00 Å². The van der Waals surface area contributed by atoms with Gasteiger partial charge < -0.3 is 10.8 Å². The lowest BCUT2D eigenvalue weighted by Gasteiger charge is -1.92. The van der Waals surface area contributed by atoms with Crippen molar-refractivity contribution < 1.29 is 9.90 Å². The molecule has 0 bridgehead atoms. The number of hydrogen-bond acceptors (Lipinski definition) is 3. The number of nitrogens with two attached hydrogens (primary N) is 1. The Bertz CT molecular complexity index is 317. The lowest BCUT2D eigenvalue weighted by molar-refractivity contribution is 0.0701. The molecule has 1 rings (SSSR count). The van der Waals surface area contributed by atoms with Gasteiger partial charge in [-0.2, -0.15) is 0 Å². The predicted octanol–water partition coefficient (Wildman–Crippen LogP) is 1.76. The molecule has 0 atom stereocenters. The molecule has 0 aliphatic carbocycles. The summed E-state index contributed by atoms with van der Waals surface area (Å²) < 4.78 is 0. The number of carbonyl (C=O) groups is 1. The van der Waals surface area contributed by atoms with Crippen LogP contribution in [0.2, 0.25) is 0 Å². The quantitative estimate of drug-likeness (QED) is 0.702. The molecule has 0 unspecified atom stereocenters. The highest BCUT2D eigenvalue weighted by molar-refractivity contribution is 7.17. The molecule has 0 radical (unpaired) electrons. The number of carboxylic acid groups (broad SMARTS) is 1. The number of nitrogen functional groups attached to an aromatic ring is 1. The molecule has 0 aliphatic heterocycles. The van der Waals surface area contributed by atoms with Crippen LogP contribution < -0.4 is 5.73 Å². The van der Waals surface area contributed by atoms with Crippen LogP contribution in [0.25, 0.3) is 0 Å². The normalized spacial score (nSPS) is 9.67. The van der Waals surface area contributed by atoms with E-state index in [0.717, 1.165) is 16.9 Å². The second-order valence-corrected chi connectivity index (χ2v) is 3.38. The highest BCUT2D eigenvalue weighted by atomic mass is 32.1. The van der Waals surface area contributed by atoms with E-state index in [1.807, 2.05) is 0 Å². The third-order valence-electron chi connectivity index (χ3n) is 1.39. The van der Waals surface area contributed by atoms with E-state index in [0.29, 0.717) is 16.3 Å². The monoisotopic (exact) mass is 183 g/mol. The van der Waals surface area contributed by atoms with Crippen LogP contribution in [-0.4, -0.2) is 11.1 Å². The van der Waals surface area contributed by atoms with Gasteiger partial charge in [-0.3, -0.25) is 0 Å². The van der Waals surface area contributed by atoms with Gasteiger partial charge in [-0.15, -0.1) is 17.9 Å². The third kappa shape index (κ3) is 1.65. The van der Waals surface area contributed by atoms with Crippen molar-refractivity contribution in [2.75, 3.05) is 5.73 Å². The van der Waals surface area contributed by atoms with Gasteiger partial charge >= 0.3 is 5.97 Å². The Kier molecular flexibility index (Phi) is 2.50. The predicted molar refractivity (Wildman–Crippen MR) is 49.6 cm³/mol. The minimum absolute atomic E-state index is 0.312. The minimum atomic E-state index is -0.923. The maximum atomic E-state index is 10.6. The zero-order valence-corrected chi connectivity index (χ0v) is 7.23. The minimum Gasteiger partial charge on any atom is -0.477 e. The fourth-order valence-electron chi connectivity index (χ4n) is 0.938. The summed E-state index contributed by atoms with van der Waals surface area (Å²) in [5.74, 6) is -0.923. The molecule has 0 saturated carbocycles. The van der Waals surface area contributed by atoms with Gasteiger partial charge in [0.15, 0.2) is 0 Å². The van der Waals surface area contributed by atoms with Crippen LogP contribution >= 0.6 is 11.3 Å². The third-order valence-corrected chi connectivity index (χ3v) is 2.38. The van der Waals surface area contributed by atoms with E-state index in [4.69, 9.17) is 10.8 Å². The SMILES string of the molecule is C=CCc1cc(N)sc1C(=O)O. The van der Waals surface area contributed by atoms with E-state index < -0.39 is 5.97 Å². The van der Waals surface area contributed by atoms with Gasteiger partial charge in [-0.25, -0.2) is 4.79 Å². The Morgan fingerprint density at radius 1 is 1.83 bits per heavy atom. The summed E-state index contributed by atoms with van der Waals surface area (Å²) >= 11 is 1.09. The van der Waals surface area contributed by atoms with E-state index >= 15 is 0 Å². The van der Waals surface area contributed by atoms with Crippen molar-refractivity contribution in [3.63, 3.8) is 0 Å². The summed E-state index contributed by atoms with van der Waals surface area (Å²) in [5.41, 5.74) is 6.20. The fraction of sp³-hybridized carbons (Fsp3) is 0.125. The summed E-state index contributed by atoms with van der Waals surface area (Å²) in [6, 6.07) is 1.68. The second-order valence-electron chi connectivity index (χ2n) is 2.30. The zero-order valence-electron chi connectivity index (χ0n) is 6.41. The molecule has 4 heteroatoms. The molecule has 0 saturated heterocycles. The number of hydrogen-bond donors (Lipinski definition) is 2. The maximum Gasteiger partial charge on any atom is 0.346 e. The molecule has 0 aromatic carbocycles. The highest BCUT2D eigenvalue weighted by Gasteiger charge is 2.12. The molecule has 12 heavy (non-hydrogen) atoms. The van der Waals surface area contributed by atoms with Crippen LogP contribution in [-0.2, 0) is 6.42 Å². The lowest BCUT2D eigenvalue weighted by Crippen LogP contribution is -1.95. The number of allylic oxidation sites excluding steroid dienone is 1. The summed E-state index contributed by atoms with van der Waals surface area (Å²) in [6.45, 7) is 3.54.